The molecule has 1 aromatic carbocycles. The fourth-order valence-corrected chi connectivity index (χ4v) is 2.65. The van der Waals surface area contributed by atoms with Crippen molar-refractivity contribution in [3.05, 3.63) is 51.8 Å². The fraction of sp³-hybridized carbons (Fsp3) is 0. The number of aromatic amines is 2. The van der Waals surface area contributed by atoms with Crippen molar-refractivity contribution in [2.45, 2.75) is 0 Å². The second-order valence-electron chi connectivity index (χ2n) is 5.37. The second-order valence-corrected chi connectivity index (χ2v) is 5.80. The average molecular weight is 357 g/mol. The highest BCUT2D eigenvalue weighted by Crippen LogP contribution is 2.23. The number of pyridine rings is 1. The summed E-state index contributed by atoms with van der Waals surface area (Å²) < 4.78 is 5.18. The van der Waals surface area contributed by atoms with Gasteiger partial charge in [-0.1, -0.05) is 16.8 Å². The molecule has 0 aliphatic carbocycles. The third kappa shape index (κ3) is 2.84. The molecule has 4 N–H and O–H groups in total. The van der Waals surface area contributed by atoms with E-state index in [0.717, 1.165) is 5.39 Å². The summed E-state index contributed by atoms with van der Waals surface area (Å²) in [7, 11) is -1.63. The Morgan fingerprint density at radius 2 is 1.96 bits per heavy atom. The smallest absolute Gasteiger partial charge is 0.422 e. The van der Waals surface area contributed by atoms with Gasteiger partial charge < -0.3 is 24.5 Å². The third-order valence-corrected chi connectivity index (χ3v) is 3.93. The van der Waals surface area contributed by atoms with Gasteiger partial charge in [0.15, 0.2) is 0 Å². The second kappa shape index (κ2) is 5.89. The summed E-state index contributed by atoms with van der Waals surface area (Å²) in [4.78, 5) is 21.9. The largest absolute Gasteiger partial charge is 0.505 e. The number of hydrogen-bond donors (Lipinski definition) is 4. The van der Waals surface area contributed by atoms with Gasteiger partial charge in [0, 0.05) is 21.5 Å². The maximum absolute atomic E-state index is 12.3. The van der Waals surface area contributed by atoms with Crippen LogP contribution in [-0.2, 0) is 0 Å². The van der Waals surface area contributed by atoms with E-state index < -0.39 is 7.12 Å². The Morgan fingerprint density at radius 1 is 1.12 bits per heavy atom. The highest BCUT2D eigenvalue weighted by molar-refractivity contribution is 6.57. The molecule has 0 saturated heterocycles. The summed E-state index contributed by atoms with van der Waals surface area (Å²) in [5.41, 5.74) is 1.10. The first kappa shape index (κ1) is 15.6. The van der Waals surface area contributed by atoms with Crippen LogP contribution in [0.5, 0.6) is 0 Å². The Bertz CT molecular complexity index is 1130. The summed E-state index contributed by atoms with van der Waals surface area (Å²) in [5, 5.41) is 23.3. The van der Waals surface area contributed by atoms with Gasteiger partial charge in [0.05, 0.1) is 5.69 Å². The van der Waals surface area contributed by atoms with Crippen LogP contribution in [0.4, 0.5) is 0 Å². The molecular formula is C15H10BClN4O4. The molecule has 0 unspecified atom stereocenters. The van der Waals surface area contributed by atoms with Crippen molar-refractivity contribution in [3.8, 4) is 23.0 Å². The van der Waals surface area contributed by atoms with Gasteiger partial charge in [-0.15, -0.1) is 0 Å². The molecule has 8 nitrogen and oxygen atoms in total. The van der Waals surface area contributed by atoms with Gasteiger partial charge in [-0.25, -0.2) is 0 Å². The van der Waals surface area contributed by atoms with Crippen LogP contribution in [0.15, 0.2) is 45.7 Å². The molecule has 0 saturated carbocycles. The monoisotopic (exact) mass is 356 g/mol. The average Bonchev–Trinajstić information content (AvgIpc) is 3.23. The molecular weight excluding hydrogens is 346 g/mol. The maximum atomic E-state index is 12.3. The van der Waals surface area contributed by atoms with Gasteiger partial charge in [0.25, 0.3) is 11.4 Å². The van der Waals surface area contributed by atoms with Gasteiger partial charge in [0.1, 0.15) is 5.56 Å². The lowest BCUT2D eigenvalue weighted by molar-refractivity contribution is 0.424. The zero-order valence-corrected chi connectivity index (χ0v) is 13.3. The van der Waals surface area contributed by atoms with Crippen LogP contribution in [0.3, 0.4) is 0 Å². The maximum Gasteiger partial charge on any atom is 0.505 e. The molecule has 25 heavy (non-hydrogen) atoms. The molecule has 0 aliphatic heterocycles. The van der Waals surface area contributed by atoms with E-state index in [1.54, 1.807) is 30.3 Å². The molecule has 3 aromatic heterocycles. The molecule has 3 heterocycles. The van der Waals surface area contributed by atoms with Crippen molar-refractivity contribution in [1.82, 2.24) is 20.1 Å². The van der Waals surface area contributed by atoms with E-state index in [2.05, 4.69) is 20.1 Å². The molecule has 0 bridgehead atoms. The Kier molecular flexibility index (Phi) is 3.68. The predicted molar refractivity (Wildman–Crippen MR) is 92.5 cm³/mol. The number of nitrogens with one attached hydrogen (secondary N) is 2. The summed E-state index contributed by atoms with van der Waals surface area (Å²) in [6.07, 6.45) is 0. The summed E-state index contributed by atoms with van der Waals surface area (Å²) >= 11 is 5.98. The number of H-pyrrole nitrogens is 2. The summed E-state index contributed by atoms with van der Waals surface area (Å²) in [6.45, 7) is 0. The molecule has 4 aromatic rings. The molecule has 0 spiro atoms. The normalized spacial score (nSPS) is 11.2. The summed E-state index contributed by atoms with van der Waals surface area (Å²) in [5.74, 6) is 0.228. The van der Waals surface area contributed by atoms with Crippen LogP contribution >= 0.6 is 11.6 Å². The first-order chi connectivity index (χ1) is 12.0. The molecule has 10 heteroatoms. The third-order valence-electron chi connectivity index (χ3n) is 3.69. The number of hydrogen-bond acceptors (Lipinski definition) is 6. The van der Waals surface area contributed by atoms with Crippen LogP contribution in [0.1, 0.15) is 0 Å². The highest BCUT2D eigenvalue weighted by atomic mass is 35.5. The minimum Gasteiger partial charge on any atom is -0.422 e. The van der Waals surface area contributed by atoms with Gasteiger partial charge in [-0.3, -0.25) is 4.79 Å². The number of halogens is 1. The van der Waals surface area contributed by atoms with E-state index in [9.17, 15) is 4.79 Å². The molecule has 124 valence electrons. The van der Waals surface area contributed by atoms with E-state index in [1.165, 1.54) is 6.07 Å². The van der Waals surface area contributed by atoms with E-state index in [1.807, 2.05) is 0 Å². The van der Waals surface area contributed by atoms with E-state index in [0.29, 0.717) is 16.2 Å². The van der Waals surface area contributed by atoms with Gasteiger partial charge in [0.2, 0.25) is 5.82 Å². The van der Waals surface area contributed by atoms with E-state index >= 15 is 0 Å². The van der Waals surface area contributed by atoms with Crippen molar-refractivity contribution >= 4 is 35.2 Å². The molecule has 0 amide bonds. The van der Waals surface area contributed by atoms with Crippen molar-refractivity contribution < 1.29 is 14.6 Å². The Morgan fingerprint density at radius 3 is 2.72 bits per heavy atom. The Labute approximate surface area is 145 Å². The van der Waals surface area contributed by atoms with Crippen molar-refractivity contribution in [1.29, 1.82) is 0 Å². The van der Waals surface area contributed by atoms with Crippen LogP contribution in [-0.4, -0.2) is 37.3 Å². The topological polar surface area (TPSA) is 128 Å². The zero-order chi connectivity index (χ0) is 17.6. The summed E-state index contributed by atoms with van der Waals surface area (Å²) in [6, 6.07) is 9.79. The number of fused-ring (bicyclic) bond motifs is 1. The minimum atomic E-state index is -1.63. The van der Waals surface area contributed by atoms with E-state index in [-0.39, 0.29) is 28.4 Å². The molecule has 0 aliphatic rings. The lowest BCUT2D eigenvalue weighted by Crippen LogP contribution is -2.30. The van der Waals surface area contributed by atoms with Crippen molar-refractivity contribution in [2.75, 3.05) is 0 Å². The van der Waals surface area contributed by atoms with Crippen molar-refractivity contribution in [2.24, 2.45) is 0 Å². The van der Waals surface area contributed by atoms with Crippen molar-refractivity contribution in [3.63, 3.8) is 0 Å². The zero-order valence-electron chi connectivity index (χ0n) is 12.5. The lowest BCUT2D eigenvalue weighted by atomic mass is 9.87. The van der Waals surface area contributed by atoms with Crippen LogP contribution in [0.25, 0.3) is 33.9 Å². The number of nitrogens with zero attached hydrogens (tertiary/aromatic N) is 2. The van der Waals surface area contributed by atoms with E-state index in [4.69, 9.17) is 26.2 Å². The number of rotatable bonds is 3. The van der Waals surface area contributed by atoms with Crippen LogP contribution in [0, 0.1) is 0 Å². The van der Waals surface area contributed by atoms with Gasteiger partial charge in [-0.05, 0) is 36.4 Å². The standard InChI is InChI=1S/C15H10BClN4O4/c17-8-1-2-10-7(5-8)6-9(14(22)19-10)15-20-13(21-25-15)11-3-4-12(18-11)16(23)24/h1-6,18,23-24H,(H,19,22). The first-order valence-electron chi connectivity index (χ1n) is 7.23. The minimum absolute atomic E-state index is 0.0406. The predicted octanol–water partition coefficient (Wildman–Crippen LogP) is 0.906. The molecule has 0 radical (unpaired) electrons. The lowest BCUT2D eigenvalue weighted by Gasteiger charge is -2.00. The van der Waals surface area contributed by atoms with Crippen LogP contribution < -0.4 is 11.2 Å². The number of aromatic nitrogens is 4. The molecule has 0 atom stereocenters. The van der Waals surface area contributed by atoms with Crippen LogP contribution in [0.2, 0.25) is 5.02 Å². The highest BCUT2D eigenvalue weighted by Gasteiger charge is 2.18. The fourth-order valence-electron chi connectivity index (χ4n) is 2.47. The number of benzene rings is 1. The first-order valence-corrected chi connectivity index (χ1v) is 7.61. The van der Waals surface area contributed by atoms with Gasteiger partial charge in [-0.2, -0.15) is 4.98 Å². The Balaban J connectivity index is 1.77. The molecule has 4 rings (SSSR count). The quantitative estimate of drug-likeness (QED) is 0.404. The molecule has 0 fully saturated rings. The SMILES string of the molecule is O=c1[nH]c2ccc(Cl)cc2cc1-c1nc(-c2ccc(B(O)O)[nH]2)no1. The Hall–Kier alpha value is -2.88. The van der Waals surface area contributed by atoms with Gasteiger partial charge >= 0.3 is 7.12 Å².